The molecule has 0 bridgehead atoms. The zero-order valence-corrected chi connectivity index (χ0v) is 24.2. The van der Waals surface area contributed by atoms with Gasteiger partial charge in [-0.05, 0) is 64.3 Å². The van der Waals surface area contributed by atoms with Crippen molar-refractivity contribution in [1.29, 1.82) is 0 Å². The summed E-state index contributed by atoms with van der Waals surface area (Å²) >= 11 is 2.18. The van der Waals surface area contributed by atoms with E-state index in [2.05, 4.69) is 15.5 Å². The molecule has 0 aliphatic heterocycles. The molecule has 10 nitrogen and oxygen atoms in total. The first-order valence-electron chi connectivity index (χ1n) is 12.1. The maximum absolute atomic E-state index is 12.8. The Morgan fingerprint density at radius 2 is 1.74 bits per heavy atom. The summed E-state index contributed by atoms with van der Waals surface area (Å²) in [5, 5.41) is 12.0. The Morgan fingerprint density at radius 3 is 2.42 bits per heavy atom. The third-order valence-corrected chi connectivity index (χ3v) is 7.97. The highest BCUT2D eigenvalue weighted by molar-refractivity contribution is 7.99. The largest absolute Gasteiger partial charge is 0.482 e. The highest BCUT2D eigenvalue weighted by Crippen LogP contribution is 2.35. The molecule has 38 heavy (non-hydrogen) atoms. The quantitative estimate of drug-likeness (QED) is 0.254. The van der Waals surface area contributed by atoms with E-state index in [0.29, 0.717) is 16.5 Å². The van der Waals surface area contributed by atoms with Crippen LogP contribution in [0.5, 0.6) is 5.75 Å². The van der Waals surface area contributed by atoms with Crippen LogP contribution in [0.3, 0.4) is 0 Å². The lowest BCUT2D eigenvalue weighted by atomic mass is 10.1. The van der Waals surface area contributed by atoms with Crippen LogP contribution in [0.15, 0.2) is 23.4 Å². The Morgan fingerprint density at radius 1 is 1.05 bits per heavy atom. The maximum Gasteiger partial charge on any atom is 0.348 e. The third kappa shape index (κ3) is 6.54. The number of carbonyl (C=O) groups is 3. The van der Waals surface area contributed by atoms with E-state index in [-0.39, 0.29) is 46.4 Å². The van der Waals surface area contributed by atoms with E-state index in [9.17, 15) is 14.4 Å². The smallest absolute Gasteiger partial charge is 0.348 e. The highest BCUT2D eigenvalue weighted by atomic mass is 32.2. The van der Waals surface area contributed by atoms with Gasteiger partial charge in [0.25, 0.3) is 0 Å². The first-order valence-corrected chi connectivity index (χ1v) is 13.9. The second-order valence-electron chi connectivity index (χ2n) is 8.40. The minimum absolute atomic E-state index is 0.00610. The maximum atomic E-state index is 12.8. The van der Waals surface area contributed by atoms with E-state index < -0.39 is 11.9 Å². The molecule has 0 spiro atoms. The number of hydrogen-bond donors (Lipinski definition) is 1. The van der Waals surface area contributed by atoms with E-state index in [0.717, 1.165) is 28.2 Å². The molecule has 1 unspecified atom stereocenters. The number of carbonyl (C=O) groups excluding carboxylic acids is 3. The van der Waals surface area contributed by atoms with Crippen LogP contribution in [-0.4, -0.2) is 51.6 Å². The van der Waals surface area contributed by atoms with Gasteiger partial charge < -0.3 is 24.1 Å². The number of benzene rings is 1. The van der Waals surface area contributed by atoms with E-state index >= 15 is 0 Å². The van der Waals surface area contributed by atoms with Gasteiger partial charge in [0, 0.05) is 7.05 Å². The van der Waals surface area contributed by atoms with Gasteiger partial charge in [0.05, 0.1) is 24.5 Å². The molecule has 1 N–H and O–H groups in total. The monoisotopic (exact) mass is 560 g/mol. The summed E-state index contributed by atoms with van der Waals surface area (Å²) in [6.45, 7) is 11.3. The molecule has 204 valence electrons. The van der Waals surface area contributed by atoms with Crippen molar-refractivity contribution in [1.82, 2.24) is 14.8 Å². The fraction of sp³-hybridized carbons (Fsp3) is 0.423. The number of rotatable bonds is 11. The van der Waals surface area contributed by atoms with Gasteiger partial charge in [0.15, 0.2) is 17.1 Å². The van der Waals surface area contributed by atoms with Gasteiger partial charge in [-0.1, -0.05) is 23.9 Å². The summed E-state index contributed by atoms with van der Waals surface area (Å²) in [6.07, 6.45) is -0.362. The number of aromatic nitrogens is 3. The zero-order chi connectivity index (χ0) is 28.0. The molecule has 2 aromatic heterocycles. The summed E-state index contributed by atoms with van der Waals surface area (Å²) < 4.78 is 18.1. The Hall–Kier alpha value is -3.38. The van der Waals surface area contributed by atoms with Gasteiger partial charge >= 0.3 is 11.9 Å². The lowest BCUT2D eigenvalue weighted by Crippen LogP contribution is -2.17. The molecule has 0 saturated heterocycles. The Labute approximate surface area is 230 Å². The minimum Gasteiger partial charge on any atom is -0.482 e. The zero-order valence-electron chi connectivity index (χ0n) is 22.5. The van der Waals surface area contributed by atoms with Crippen molar-refractivity contribution in [2.75, 3.05) is 24.3 Å². The van der Waals surface area contributed by atoms with Crippen molar-refractivity contribution in [3.63, 3.8) is 0 Å². The lowest BCUT2D eigenvalue weighted by molar-refractivity contribution is -0.113. The van der Waals surface area contributed by atoms with Crippen LogP contribution in [0.1, 0.15) is 69.4 Å². The predicted molar refractivity (Wildman–Crippen MR) is 146 cm³/mol. The van der Waals surface area contributed by atoms with Gasteiger partial charge in [0.2, 0.25) is 5.91 Å². The van der Waals surface area contributed by atoms with Gasteiger partial charge in [-0.2, -0.15) is 0 Å². The van der Waals surface area contributed by atoms with Gasteiger partial charge in [-0.25, -0.2) is 9.59 Å². The molecular formula is C26H32N4O6S2. The molecule has 0 radical (unpaired) electrons. The summed E-state index contributed by atoms with van der Waals surface area (Å²) in [4.78, 5) is 38.0. The van der Waals surface area contributed by atoms with Crippen LogP contribution in [0.25, 0.3) is 0 Å². The number of aryl methyl sites for hydroxylation is 1. The van der Waals surface area contributed by atoms with Crippen LogP contribution < -0.4 is 10.1 Å². The molecule has 0 aliphatic rings. The van der Waals surface area contributed by atoms with Crippen molar-refractivity contribution in [3.05, 3.63) is 51.2 Å². The fourth-order valence-electron chi connectivity index (χ4n) is 3.64. The molecular weight excluding hydrogens is 528 g/mol. The molecule has 3 aromatic rings. The Bertz CT molecular complexity index is 1330. The number of nitrogens with one attached hydrogen (secondary N) is 1. The van der Waals surface area contributed by atoms with Crippen molar-refractivity contribution in [2.24, 2.45) is 7.05 Å². The average Bonchev–Trinajstić information content (AvgIpc) is 3.40. The summed E-state index contributed by atoms with van der Waals surface area (Å²) in [6, 6.07) is 5.89. The van der Waals surface area contributed by atoms with Gasteiger partial charge in [-0.15, -0.1) is 21.5 Å². The molecule has 1 aromatic carbocycles. The van der Waals surface area contributed by atoms with Crippen LogP contribution in [0.4, 0.5) is 5.00 Å². The summed E-state index contributed by atoms with van der Waals surface area (Å²) in [7, 11) is 1.81. The Kier molecular flexibility index (Phi) is 9.92. The fourth-order valence-corrected chi connectivity index (χ4v) is 5.46. The second-order valence-corrected chi connectivity index (χ2v) is 10.4. The number of esters is 2. The standard InChI is InChI=1S/C26H32N4O6S2/c1-8-34-24(32)20-16(5)21(25(33)35-9-2)38-23(20)27-19(31)13-37-26-29-28-22(30(26)7)17(6)36-18-12-10-11-14(3)15(18)4/h10-12,17H,8-9,13H2,1-7H3,(H,27,31). The summed E-state index contributed by atoms with van der Waals surface area (Å²) in [5.41, 5.74) is 2.75. The van der Waals surface area contributed by atoms with Crippen molar-refractivity contribution in [3.8, 4) is 5.75 Å². The summed E-state index contributed by atoms with van der Waals surface area (Å²) in [5.74, 6) is -0.144. The van der Waals surface area contributed by atoms with E-state index in [1.807, 2.05) is 46.0 Å². The number of nitrogens with zero attached hydrogens (tertiary/aromatic N) is 3. The lowest BCUT2D eigenvalue weighted by Gasteiger charge is -2.16. The molecule has 0 aliphatic carbocycles. The molecule has 2 heterocycles. The number of amides is 1. The van der Waals surface area contributed by atoms with Crippen LogP contribution >= 0.6 is 23.1 Å². The third-order valence-electron chi connectivity index (χ3n) is 5.76. The van der Waals surface area contributed by atoms with E-state index in [1.54, 1.807) is 25.3 Å². The van der Waals surface area contributed by atoms with Gasteiger partial charge in [-0.3, -0.25) is 4.79 Å². The normalized spacial score (nSPS) is 11.7. The predicted octanol–water partition coefficient (Wildman–Crippen LogP) is 5.03. The van der Waals surface area contributed by atoms with Crippen LogP contribution in [0, 0.1) is 20.8 Å². The molecule has 1 atom stereocenters. The van der Waals surface area contributed by atoms with E-state index in [1.165, 1.54) is 11.8 Å². The first-order chi connectivity index (χ1) is 18.1. The first kappa shape index (κ1) is 29.2. The molecule has 12 heteroatoms. The number of ether oxygens (including phenoxy) is 3. The topological polar surface area (TPSA) is 122 Å². The number of thiophene rings is 1. The highest BCUT2D eigenvalue weighted by Gasteiger charge is 2.27. The number of hydrogen-bond acceptors (Lipinski definition) is 10. The molecule has 0 saturated carbocycles. The molecule has 0 fully saturated rings. The Balaban J connectivity index is 1.70. The SMILES string of the molecule is CCOC(=O)c1sc(NC(=O)CSc2nnc(C(C)Oc3cccc(C)c3C)n2C)c(C(=O)OCC)c1C. The van der Waals surface area contributed by atoms with Crippen LogP contribution in [-0.2, 0) is 21.3 Å². The van der Waals surface area contributed by atoms with E-state index in [4.69, 9.17) is 14.2 Å². The number of anilines is 1. The van der Waals surface area contributed by atoms with Crippen molar-refractivity contribution in [2.45, 2.75) is 52.8 Å². The van der Waals surface area contributed by atoms with Gasteiger partial charge in [0.1, 0.15) is 15.6 Å². The second kappa shape index (κ2) is 12.9. The van der Waals surface area contributed by atoms with Crippen molar-refractivity contribution < 1.29 is 28.6 Å². The number of thioether (sulfide) groups is 1. The van der Waals surface area contributed by atoms with Crippen LogP contribution in [0.2, 0.25) is 0 Å². The minimum atomic E-state index is -0.615. The molecule has 3 rings (SSSR count). The molecule has 1 amide bonds. The average molecular weight is 561 g/mol. The van der Waals surface area contributed by atoms with Crippen molar-refractivity contribution >= 4 is 45.9 Å².